The quantitative estimate of drug-likeness (QED) is 0.589. The molecular formula is C11H13N3. The van der Waals surface area contributed by atoms with Gasteiger partial charge in [-0.25, -0.2) is 0 Å². The Hall–Kier alpha value is -1.74. The van der Waals surface area contributed by atoms with Gasteiger partial charge >= 0.3 is 0 Å². The fourth-order valence-electron chi connectivity index (χ4n) is 1.79. The number of nitrogens with zero attached hydrogens (tertiary/aromatic N) is 2. The molecule has 14 heavy (non-hydrogen) atoms. The second-order valence-corrected chi connectivity index (χ2v) is 4.36. The Balaban J connectivity index is 3.17. The highest BCUT2D eigenvalue weighted by Gasteiger charge is 2.25. The van der Waals surface area contributed by atoms with Crippen molar-refractivity contribution in [2.75, 3.05) is 0 Å². The fraction of sp³-hybridized carbons (Fsp3) is 0.455. The lowest BCUT2D eigenvalue weighted by molar-refractivity contribution is 0.349. The summed E-state index contributed by atoms with van der Waals surface area (Å²) >= 11 is 0. The number of nitrogens with two attached hydrogens (primary N) is 1. The zero-order valence-electron chi connectivity index (χ0n) is 8.46. The Labute approximate surface area is 84.1 Å². The van der Waals surface area contributed by atoms with E-state index in [4.69, 9.17) is 16.3 Å². The highest BCUT2D eigenvalue weighted by Crippen LogP contribution is 2.37. The molecule has 2 N–H and O–H groups in total. The molecule has 0 aromatic carbocycles. The summed E-state index contributed by atoms with van der Waals surface area (Å²) < 4.78 is 0. The molecule has 0 aliphatic heterocycles. The molecule has 0 aromatic heterocycles. The summed E-state index contributed by atoms with van der Waals surface area (Å²) in [5, 5.41) is 17.5. The van der Waals surface area contributed by atoms with Crippen LogP contribution in [0.2, 0.25) is 0 Å². The van der Waals surface area contributed by atoms with Crippen LogP contribution in [0.15, 0.2) is 22.9 Å². The third kappa shape index (κ3) is 2.14. The van der Waals surface area contributed by atoms with Gasteiger partial charge < -0.3 is 5.73 Å². The Bertz CT molecular complexity index is 370. The summed E-state index contributed by atoms with van der Waals surface area (Å²) in [6, 6.07) is 3.80. The maximum atomic E-state index is 8.73. The van der Waals surface area contributed by atoms with Gasteiger partial charge in [-0.05, 0) is 29.9 Å². The van der Waals surface area contributed by atoms with Crippen molar-refractivity contribution in [2.45, 2.75) is 26.7 Å². The van der Waals surface area contributed by atoms with Crippen molar-refractivity contribution in [3.05, 3.63) is 22.9 Å². The second kappa shape index (κ2) is 3.55. The average Bonchev–Trinajstić information content (AvgIpc) is 2.02. The highest BCUT2D eigenvalue weighted by molar-refractivity contribution is 5.47. The smallest absolute Gasteiger partial charge is 0.132 e. The molecule has 0 spiro atoms. The third-order valence-corrected chi connectivity index (χ3v) is 2.26. The number of nitriles is 2. The van der Waals surface area contributed by atoms with Gasteiger partial charge in [0.2, 0.25) is 0 Å². The molecule has 1 rings (SSSR count). The fourth-order valence-corrected chi connectivity index (χ4v) is 1.79. The molecule has 1 aliphatic rings. The van der Waals surface area contributed by atoms with E-state index in [1.165, 1.54) is 0 Å². The molecule has 0 bridgehead atoms. The predicted octanol–water partition coefficient (Wildman–Crippen LogP) is 1.99. The Morgan fingerprint density at radius 1 is 1.36 bits per heavy atom. The molecule has 0 aromatic rings. The van der Waals surface area contributed by atoms with Gasteiger partial charge in [0, 0.05) is 5.70 Å². The van der Waals surface area contributed by atoms with Crippen molar-refractivity contribution in [1.82, 2.24) is 0 Å². The molecule has 1 aliphatic carbocycles. The molecule has 3 nitrogen and oxygen atoms in total. The molecular weight excluding hydrogens is 174 g/mol. The van der Waals surface area contributed by atoms with Gasteiger partial charge in [0.15, 0.2) is 0 Å². The van der Waals surface area contributed by atoms with Crippen molar-refractivity contribution in [3.8, 4) is 12.1 Å². The Kier molecular flexibility index (Phi) is 2.63. The minimum atomic E-state index is 0.0487. The molecule has 0 fully saturated rings. The molecule has 0 unspecified atom stereocenters. The van der Waals surface area contributed by atoms with Crippen molar-refractivity contribution >= 4 is 0 Å². The number of hydrogen-bond donors (Lipinski definition) is 1. The number of rotatable bonds is 0. The van der Waals surface area contributed by atoms with Crippen molar-refractivity contribution in [2.24, 2.45) is 11.1 Å². The maximum absolute atomic E-state index is 8.73. The van der Waals surface area contributed by atoms with E-state index in [0.717, 1.165) is 24.1 Å². The van der Waals surface area contributed by atoms with Gasteiger partial charge in [0.25, 0.3) is 0 Å². The van der Waals surface area contributed by atoms with E-state index in [0.29, 0.717) is 0 Å². The van der Waals surface area contributed by atoms with Crippen LogP contribution >= 0.6 is 0 Å². The molecule has 0 atom stereocenters. The standard InChI is InChI=1S/C11H13N3/c1-11(2)4-8(3-10(14)5-11)9(6-12)7-13/h3H,4-5,14H2,1-2H3. The zero-order valence-corrected chi connectivity index (χ0v) is 8.46. The van der Waals surface area contributed by atoms with Crippen LogP contribution in [-0.2, 0) is 0 Å². The first-order valence-electron chi connectivity index (χ1n) is 4.48. The van der Waals surface area contributed by atoms with Gasteiger partial charge in [0.05, 0.1) is 0 Å². The van der Waals surface area contributed by atoms with E-state index < -0.39 is 0 Å². The van der Waals surface area contributed by atoms with E-state index in [-0.39, 0.29) is 11.0 Å². The summed E-state index contributed by atoms with van der Waals surface area (Å²) in [6.45, 7) is 4.17. The minimum Gasteiger partial charge on any atom is -0.402 e. The predicted molar refractivity (Wildman–Crippen MR) is 53.5 cm³/mol. The van der Waals surface area contributed by atoms with Crippen LogP contribution in [0, 0.1) is 28.1 Å². The van der Waals surface area contributed by atoms with Crippen LogP contribution in [0.3, 0.4) is 0 Å². The zero-order chi connectivity index (χ0) is 10.8. The average molecular weight is 187 g/mol. The lowest BCUT2D eigenvalue weighted by Gasteiger charge is -2.29. The van der Waals surface area contributed by atoms with Crippen LogP contribution in [-0.4, -0.2) is 0 Å². The topological polar surface area (TPSA) is 73.6 Å². The monoisotopic (exact) mass is 187 g/mol. The van der Waals surface area contributed by atoms with Gasteiger partial charge in [-0.1, -0.05) is 13.8 Å². The minimum absolute atomic E-state index is 0.0487. The summed E-state index contributed by atoms with van der Waals surface area (Å²) in [6.07, 6.45) is 3.32. The van der Waals surface area contributed by atoms with Gasteiger partial charge in [-0.15, -0.1) is 0 Å². The summed E-state index contributed by atoms with van der Waals surface area (Å²) in [5.74, 6) is 0. The third-order valence-electron chi connectivity index (χ3n) is 2.26. The van der Waals surface area contributed by atoms with Crippen molar-refractivity contribution in [1.29, 1.82) is 10.5 Å². The maximum Gasteiger partial charge on any atom is 0.132 e. The van der Waals surface area contributed by atoms with Gasteiger partial charge in [0.1, 0.15) is 17.7 Å². The number of hydrogen-bond acceptors (Lipinski definition) is 3. The summed E-state index contributed by atoms with van der Waals surface area (Å²) in [5.41, 5.74) is 7.50. The Morgan fingerprint density at radius 2 is 1.93 bits per heavy atom. The van der Waals surface area contributed by atoms with E-state index in [1.807, 2.05) is 12.1 Å². The molecule has 72 valence electrons. The van der Waals surface area contributed by atoms with Crippen LogP contribution in [0.5, 0.6) is 0 Å². The van der Waals surface area contributed by atoms with Gasteiger partial charge in [-0.3, -0.25) is 0 Å². The second-order valence-electron chi connectivity index (χ2n) is 4.36. The molecule has 0 saturated heterocycles. The highest BCUT2D eigenvalue weighted by atomic mass is 14.6. The lowest BCUT2D eigenvalue weighted by atomic mass is 9.76. The van der Waals surface area contributed by atoms with E-state index >= 15 is 0 Å². The molecule has 0 saturated carbocycles. The summed E-state index contributed by atoms with van der Waals surface area (Å²) in [7, 11) is 0. The van der Waals surface area contributed by atoms with Gasteiger partial charge in [-0.2, -0.15) is 10.5 Å². The van der Waals surface area contributed by atoms with Crippen molar-refractivity contribution in [3.63, 3.8) is 0 Å². The van der Waals surface area contributed by atoms with E-state index in [1.54, 1.807) is 6.08 Å². The van der Waals surface area contributed by atoms with E-state index in [9.17, 15) is 0 Å². The number of allylic oxidation sites excluding steroid dienone is 4. The summed E-state index contributed by atoms with van der Waals surface area (Å²) in [4.78, 5) is 0. The first-order chi connectivity index (χ1) is 6.48. The van der Waals surface area contributed by atoms with Crippen LogP contribution in [0.1, 0.15) is 26.7 Å². The Morgan fingerprint density at radius 3 is 2.36 bits per heavy atom. The van der Waals surface area contributed by atoms with Crippen LogP contribution in [0.4, 0.5) is 0 Å². The first kappa shape index (κ1) is 10.3. The van der Waals surface area contributed by atoms with E-state index in [2.05, 4.69) is 13.8 Å². The van der Waals surface area contributed by atoms with Crippen LogP contribution < -0.4 is 5.73 Å². The molecule has 0 amide bonds. The first-order valence-corrected chi connectivity index (χ1v) is 4.48. The molecule has 3 heteroatoms. The SMILES string of the molecule is CC1(C)CC(N)=CC(=C(C#N)C#N)C1. The normalized spacial score (nSPS) is 19.1. The lowest BCUT2D eigenvalue weighted by Crippen LogP contribution is -2.21. The van der Waals surface area contributed by atoms with Crippen molar-refractivity contribution < 1.29 is 0 Å². The molecule has 0 heterocycles. The van der Waals surface area contributed by atoms with Crippen LogP contribution in [0.25, 0.3) is 0 Å². The molecule has 0 radical (unpaired) electrons. The largest absolute Gasteiger partial charge is 0.402 e.